The normalized spacial score (nSPS) is 11.3. The molecular weight excluding hydrogens is 527 g/mol. The zero-order chi connectivity index (χ0) is 27.9. The van der Waals surface area contributed by atoms with E-state index < -0.39 is 0 Å². The highest BCUT2D eigenvalue weighted by Crippen LogP contribution is 2.53. The van der Waals surface area contributed by atoms with Gasteiger partial charge in [0.1, 0.15) is 0 Å². The van der Waals surface area contributed by atoms with Crippen molar-refractivity contribution >= 4 is 59.3 Å². The van der Waals surface area contributed by atoms with Gasteiger partial charge in [-0.2, -0.15) is 0 Å². The van der Waals surface area contributed by atoms with Crippen molar-refractivity contribution in [3.8, 4) is 22.3 Å². The minimum atomic E-state index is 1.13. The predicted molar refractivity (Wildman–Crippen MR) is 182 cm³/mol. The molecule has 0 unspecified atom stereocenters. The molecule has 0 bridgehead atoms. The van der Waals surface area contributed by atoms with Gasteiger partial charge in [0, 0.05) is 42.5 Å². The molecule has 42 heavy (non-hydrogen) atoms. The van der Waals surface area contributed by atoms with Gasteiger partial charge in [-0.05, 0) is 52.4 Å². The summed E-state index contributed by atoms with van der Waals surface area (Å²) in [7, 11) is 0. The van der Waals surface area contributed by atoms with Crippen LogP contribution >= 0.6 is 11.3 Å². The van der Waals surface area contributed by atoms with E-state index in [-0.39, 0.29) is 0 Å². The van der Waals surface area contributed by atoms with Crippen molar-refractivity contribution in [1.82, 2.24) is 0 Å². The number of hydrogen-bond acceptors (Lipinski definition) is 2. The first-order chi connectivity index (χ1) is 20.9. The molecule has 0 radical (unpaired) electrons. The Bertz CT molecular complexity index is 2160. The molecule has 1 heterocycles. The number of benzene rings is 7. The standard InChI is InChI=1S/C40H27NS/c1-4-14-28(15-5-1)29-24-26-32(27-25-29)41(31-18-8-3-9-19-31)39-37(30-16-6-2-7-17-30)33-20-10-11-21-34(33)40-38(39)35-22-12-13-23-36(35)42-40/h1-27H. The highest BCUT2D eigenvalue weighted by Gasteiger charge is 2.25. The molecule has 0 amide bonds. The largest absolute Gasteiger partial charge is 0.309 e. The first-order valence-electron chi connectivity index (χ1n) is 14.3. The van der Waals surface area contributed by atoms with Gasteiger partial charge in [0.15, 0.2) is 0 Å². The second-order valence-corrected chi connectivity index (χ2v) is 11.6. The van der Waals surface area contributed by atoms with Crippen LogP contribution in [0.3, 0.4) is 0 Å². The summed E-state index contributed by atoms with van der Waals surface area (Å²) in [6.45, 7) is 0. The highest BCUT2D eigenvalue weighted by atomic mass is 32.1. The monoisotopic (exact) mass is 553 g/mol. The van der Waals surface area contributed by atoms with Crippen LogP contribution in [0.5, 0.6) is 0 Å². The quantitative estimate of drug-likeness (QED) is 0.205. The molecule has 0 N–H and O–H groups in total. The topological polar surface area (TPSA) is 3.24 Å². The summed E-state index contributed by atoms with van der Waals surface area (Å²) < 4.78 is 2.62. The third kappa shape index (κ3) is 4.08. The number of rotatable bonds is 5. The van der Waals surface area contributed by atoms with Crippen molar-refractivity contribution in [3.63, 3.8) is 0 Å². The zero-order valence-corrected chi connectivity index (χ0v) is 23.8. The molecule has 0 saturated carbocycles. The van der Waals surface area contributed by atoms with E-state index >= 15 is 0 Å². The van der Waals surface area contributed by atoms with E-state index in [2.05, 4.69) is 169 Å². The van der Waals surface area contributed by atoms with Crippen LogP contribution in [0.1, 0.15) is 0 Å². The summed E-state index contributed by atoms with van der Waals surface area (Å²) in [5.74, 6) is 0. The van der Waals surface area contributed by atoms with E-state index in [1.165, 1.54) is 58.9 Å². The average Bonchev–Trinajstić information content (AvgIpc) is 3.46. The maximum absolute atomic E-state index is 2.46. The van der Waals surface area contributed by atoms with E-state index in [1.807, 2.05) is 11.3 Å². The van der Waals surface area contributed by atoms with Crippen molar-refractivity contribution in [1.29, 1.82) is 0 Å². The molecule has 0 aliphatic heterocycles. The summed E-state index contributed by atoms with van der Waals surface area (Å²) in [5, 5.41) is 5.14. The van der Waals surface area contributed by atoms with Gasteiger partial charge >= 0.3 is 0 Å². The van der Waals surface area contributed by atoms with Gasteiger partial charge in [0.05, 0.1) is 5.69 Å². The van der Waals surface area contributed by atoms with Crippen molar-refractivity contribution in [2.24, 2.45) is 0 Å². The van der Waals surface area contributed by atoms with Crippen LogP contribution in [-0.4, -0.2) is 0 Å². The van der Waals surface area contributed by atoms with Crippen LogP contribution < -0.4 is 4.90 Å². The second kappa shape index (κ2) is 10.3. The van der Waals surface area contributed by atoms with Gasteiger partial charge < -0.3 is 4.90 Å². The van der Waals surface area contributed by atoms with Crippen molar-refractivity contribution in [2.45, 2.75) is 0 Å². The van der Waals surface area contributed by atoms with Crippen LogP contribution in [-0.2, 0) is 0 Å². The number of anilines is 3. The summed E-state index contributed by atoms with van der Waals surface area (Å²) in [6.07, 6.45) is 0. The number of nitrogens with zero attached hydrogens (tertiary/aromatic N) is 1. The summed E-state index contributed by atoms with van der Waals surface area (Å²) in [4.78, 5) is 2.46. The molecule has 2 heteroatoms. The highest BCUT2D eigenvalue weighted by molar-refractivity contribution is 7.26. The minimum absolute atomic E-state index is 1.13. The van der Waals surface area contributed by atoms with Gasteiger partial charge in [-0.3, -0.25) is 0 Å². The third-order valence-corrected chi connectivity index (χ3v) is 9.25. The molecule has 1 nitrogen and oxygen atoms in total. The maximum atomic E-state index is 2.46. The number of thiophene rings is 1. The molecule has 0 aliphatic carbocycles. The number of para-hydroxylation sites is 1. The van der Waals surface area contributed by atoms with Crippen LogP contribution in [0.4, 0.5) is 17.1 Å². The summed E-state index contributed by atoms with van der Waals surface area (Å²) in [6, 6.07) is 59.0. The van der Waals surface area contributed by atoms with Crippen molar-refractivity contribution in [2.75, 3.05) is 4.90 Å². The third-order valence-electron chi connectivity index (χ3n) is 8.04. The molecule has 8 aromatic rings. The van der Waals surface area contributed by atoms with E-state index in [0.29, 0.717) is 0 Å². The van der Waals surface area contributed by atoms with E-state index in [1.54, 1.807) is 0 Å². The van der Waals surface area contributed by atoms with Gasteiger partial charge in [-0.25, -0.2) is 0 Å². The lowest BCUT2D eigenvalue weighted by atomic mass is 9.91. The fraction of sp³-hybridized carbons (Fsp3) is 0. The summed E-state index contributed by atoms with van der Waals surface area (Å²) in [5.41, 5.74) is 8.36. The lowest BCUT2D eigenvalue weighted by Crippen LogP contribution is -2.12. The van der Waals surface area contributed by atoms with Crippen LogP contribution in [0, 0.1) is 0 Å². The molecular formula is C40H27NS. The van der Waals surface area contributed by atoms with Gasteiger partial charge in [-0.1, -0.05) is 133 Å². The molecule has 0 atom stereocenters. The Morgan fingerprint density at radius 2 is 0.881 bits per heavy atom. The van der Waals surface area contributed by atoms with Crippen LogP contribution in [0.2, 0.25) is 0 Å². The first kappa shape index (κ1) is 24.6. The molecule has 1 aromatic heterocycles. The molecule has 8 rings (SSSR count). The second-order valence-electron chi connectivity index (χ2n) is 10.5. The van der Waals surface area contributed by atoms with Crippen molar-refractivity contribution < 1.29 is 0 Å². The van der Waals surface area contributed by atoms with E-state index in [4.69, 9.17) is 0 Å². The zero-order valence-electron chi connectivity index (χ0n) is 22.9. The smallest absolute Gasteiger partial charge is 0.0639 e. The fourth-order valence-electron chi connectivity index (χ4n) is 6.16. The lowest BCUT2D eigenvalue weighted by Gasteiger charge is -2.30. The number of fused-ring (bicyclic) bond motifs is 5. The van der Waals surface area contributed by atoms with Gasteiger partial charge in [0.25, 0.3) is 0 Å². The Morgan fingerprint density at radius 1 is 0.381 bits per heavy atom. The molecule has 0 fully saturated rings. The first-order valence-corrected chi connectivity index (χ1v) is 15.1. The fourth-order valence-corrected chi connectivity index (χ4v) is 7.40. The summed E-state index contributed by atoms with van der Waals surface area (Å²) >= 11 is 1.89. The average molecular weight is 554 g/mol. The van der Waals surface area contributed by atoms with Gasteiger partial charge in [-0.15, -0.1) is 11.3 Å². The Labute approximate surface area is 249 Å². The Morgan fingerprint density at radius 3 is 1.57 bits per heavy atom. The molecule has 0 aliphatic rings. The SMILES string of the molecule is c1ccc(-c2ccc(N(c3ccccc3)c3c(-c4ccccc4)c4ccccc4c4sc5ccccc5c34)cc2)cc1. The molecule has 7 aromatic carbocycles. The molecule has 198 valence electrons. The Balaban J connectivity index is 1.52. The Kier molecular flexibility index (Phi) is 6.05. The maximum Gasteiger partial charge on any atom is 0.0639 e. The minimum Gasteiger partial charge on any atom is -0.309 e. The molecule has 0 saturated heterocycles. The van der Waals surface area contributed by atoms with Crippen LogP contribution in [0.25, 0.3) is 53.2 Å². The Hall–Kier alpha value is -5.18. The predicted octanol–water partition coefficient (Wildman–Crippen LogP) is 12.0. The van der Waals surface area contributed by atoms with Gasteiger partial charge in [0.2, 0.25) is 0 Å². The molecule has 0 spiro atoms. The van der Waals surface area contributed by atoms with Crippen LogP contribution in [0.15, 0.2) is 164 Å². The van der Waals surface area contributed by atoms with Crippen molar-refractivity contribution in [3.05, 3.63) is 164 Å². The van der Waals surface area contributed by atoms with E-state index in [9.17, 15) is 0 Å². The number of hydrogen-bond donors (Lipinski definition) is 0. The van der Waals surface area contributed by atoms with E-state index in [0.717, 1.165) is 11.4 Å². The lowest BCUT2D eigenvalue weighted by molar-refractivity contribution is 1.30.